The van der Waals surface area contributed by atoms with Gasteiger partial charge in [-0.1, -0.05) is 26.7 Å². The van der Waals surface area contributed by atoms with Crippen LogP contribution in [-0.2, 0) is 9.59 Å². The van der Waals surface area contributed by atoms with Crippen molar-refractivity contribution in [2.75, 3.05) is 6.54 Å². The molecule has 1 fully saturated rings. The molecule has 0 unspecified atom stereocenters. The Morgan fingerprint density at radius 2 is 1.94 bits per heavy atom. The van der Waals surface area contributed by atoms with Crippen molar-refractivity contribution in [1.29, 1.82) is 0 Å². The minimum atomic E-state index is -0.333. The molecular weight excluding hydrogens is 228 g/mol. The van der Waals surface area contributed by atoms with Crippen molar-refractivity contribution in [2.45, 2.75) is 46.5 Å². The number of carbonyl (C=O) groups excluding carboxylic acids is 2. The maximum atomic E-state index is 12.1. The van der Waals surface area contributed by atoms with E-state index in [2.05, 4.69) is 5.32 Å². The molecule has 0 bridgehead atoms. The average Bonchev–Trinajstić information content (AvgIpc) is 3.06. The van der Waals surface area contributed by atoms with Crippen molar-refractivity contribution in [2.24, 2.45) is 29.4 Å². The molecule has 4 nitrogen and oxygen atoms in total. The summed E-state index contributed by atoms with van der Waals surface area (Å²) in [5.41, 5.74) is 5.50. The Labute approximate surface area is 110 Å². The number of hydrogen-bond donors (Lipinski definition) is 2. The summed E-state index contributed by atoms with van der Waals surface area (Å²) in [4.78, 5) is 23.7. The molecule has 1 aliphatic carbocycles. The molecule has 18 heavy (non-hydrogen) atoms. The van der Waals surface area contributed by atoms with E-state index in [1.165, 1.54) is 12.8 Å². The van der Waals surface area contributed by atoms with Crippen LogP contribution < -0.4 is 11.1 Å². The summed E-state index contributed by atoms with van der Waals surface area (Å²) in [6, 6.07) is 0. The normalized spacial score (nSPS) is 18.4. The molecule has 0 aromatic heterocycles. The zero-order valence-electron chi connectivity index (χ0n) is 11.7. The minimum absolute atomic E-state index is 0.0351. The van der Waals surface area contributed by atoms with Crippen molar-refractivity contribution < 1.29 is 9.59 Å². The number of carbonyl (C=O) groups is 2. The number of amides is 2. The van der Waals surface area contributed by atoms with Crippen molar-refractivity contribution in [3.8, 4) is 0 Å². The molecule has 4 heteroatoms. The lowest BCUT2D eigenvalue weighted by atomic mass is 9.79. The Hall–Kier alpha value is -1.06. The molecule has 0 spiro atoms. The Bertz CT molecular complexity index is 298. The summed E-state index contributed by atoms with van der Waals surface area (Å²) in [6.45, 7) is 6.44. The second-order valence-electron chi connectivity index (χ2n) is 5.69. The molecule has 1 saturated carbocycles. The van der Waals surface area contributed by atoms with E-state index in [1.54, 1.807) is 0 Å². The van der Waals surface area contributed by atoms with Gasteiger partial charge >= 0.3 is 0 Å². The van der Waals surface area contributed by atoms with Crippen LogP contribution in [0.3, 0.4) is 0 Å². The lowest BCUT2D eigenvalue weighted by Gasteiger charge is -2.27. The lowest BCUT2D eigenvalue weighted by molar-refractivity contribution is -0.135. The Kier molecular flexibility index (Phi) is 5.63. The van der Waals surface area contributed by atoms with E-state index in [0.717, 1.165) is 18.8 Å². The molecule has 0 radical (unpaired) electrons. The quantitative estimate of drug-likeness (QED) is 0.692. The van der Waals surface area contributed by atoms with E-state index < -0.39 is 0 Å². The molecule has 3 N–H and O–H groups in total. The van der Waals surface area contributed by atoms with E-state index in [4.69, 9.17) is 5.73 Å². The fraction of sp³-hybridized carbons (Fsp3) is 0.857. The number of nitrogens with one attached hydrogen (secondary N) is 1. The standard InChI is InChI=1S/C14H26N2O2/c1-4-16-14(18)12(9(2)3)11(13(15)17)8-7-10-5-6-10/h9-12H,4-8H2,1-3H3,(H2,15,17)(H,16,18)/t11-,12+/m0/s1. The van der Waals surface area contributed by atoms with Crippen molar-refractivity contribution >= 4 is 11.8 Å². The van der Waals surface area contributed by atoms with Crippen LogP contribution in [0.4, 0.5) is 0 Å². The molecule has 104 valence electrons. The van der Waals surface area contributed by atoms with Gasteiger partial charge in [0.15, 0.2) is 0 Å². The monoisotopic (exact) mass is 254 g/mol. The molecule has 1 aliphatic rings. The maximum Gasteiger partial charge on any atom is 0.224 e. The van der Waals surface area contributed by atoms with E-state index in [1.807, 2.05) is 20.8 Å². The SMILES string of the molecule is CCNC(=O)[C@H](C(C)C)[C@H](CCC1CC1)C(N)=O. The van der Waals surface area contributed by atoms with Crippen LogP contribution in [0.2, 0.25) is 0 Å². The van der Waals surface area contributed by atoms with Crippen LogP contribution in [-0.4, -0.2) is 18.4 Å². The number of primary amides is 1. The first kappa shape index (κ1) is 15.0. The summed E-state index contributed by atoms with van der Waals surface area (Å²) in [5.74, 6) is -0.0896. The van der Waals surface area contributed by atoms with Gasteiger partial charge in [0.1, 0.15) is 0 Å². The Balaban J connectivity index is 2.68. The van der Waals surface area contributed by atoms with E-state index in [0.29, 0.717) is 6.54 Å². The van der Waals surface area contributed by atoms with Crippen molar-refractivity contribution in [1.82, 2.24) is 5.32 Å². The van der Waals surface area contributed by atoms with E-state index in [-0.39, 0.29) is 29.6 Å². The van der Waals surface area contributed by atoms with Gasteiger partial charge in [-0.25, -0.2) is 0 Å². The molecule has 0 heterocycles. The second kappa shape index (κ2) is 6.76. The highest BCUT2D eigenvalue weighted by molar-refractivity contribution is 5.87. The highest BCUT2D eigenvalue weighted by Crippen LogP contribution is 2.36. The van der Waals surface area contributed by atoms with Crippen LogP contribution in [0.25, 0.3) is 0 Å². The minimum Gasteiger partial charge on any atom is -0.369 e. The predicted octanol–water partition coefficient (Wildman–Crippen LogP) is 1.69. The smallest absolute Gasteiger partial charge is 0.224 e. The first-order chi connectivity index (χ1) is 8.47. The molecule has 0 saturated heterocycles. The van der Waals surface area contributed by atoms with Gasteiger partial charge < -0.3 is 11.1 Å². The second-order valence-corrected chi connectivity index (χ2v) is 5.69. The van der Waals surface area contributed by atoms with Gasteiger partial charge in [-0.3, -0.25) is 9.59 Å². The van der Waals surface area contributed by atoms with Crippen LogP contribution in [0.1, 0.15) is 46.5 Å². The number of nitrogens with two attached hydrogens (primary N) is 1. The molecule has 0 aromatic rings. The molecule has 0 aromatic carbocycles. The van der Waals surface area contributed by atoms with Crippen LogP contribution >= 0.6 is 0 Å². The number of rotatable bonds is 8. The van der Waals surface area contributed by atoms with Crippen LogP contribution in [0.5, 0.6) is 0 Å². The third-order valence-electron chi connectivity index (χ3n) is 3.75. The van der Waals surface area contributed by atoms with Crippen LogP contribution in [0, 0.1) is 23.7 Å². The van der Waals surface area contributed by atoms with Crippen LogP contribution in [0.15, 0.2) is 0 Å². The van der Waals surface area contributed by atoms with Gasteiger partial charge in [0.05, 0.1) is 5.92 Å². The fourth-order valence-corrected chi connectivity index (χ4v) is 2.56. The van der Waals surface area contributed by atoms with Crippen molar-refractivity contribution in [3.63, 3.8) is 0 Å². The van der Waals surface area contributed by atoms with Gasteiger partial charge in [-0.2, -0.15) is 0 Å². The third-order valence-corrected chi connectivity index (χ3v) is 3.75. The highest BCUT2D eigenvalue weighted by atomic mass is 16.2. The summed E-state index contributed by atoms with van der Waals surface area (Å²) in [7, 11) is 0. The predicted molar refractivity (Wildman–Crippen MR) is 71.7 cm³/mol. The summed E-state index contributed by atoms with van der Waals surface area (Å²) in [5, 5.41) is 2.82. The first-order valence-electron chi connectivity index (χ1n) is 7.04. The van der Waals surface area contributed by atoms with Crippen molar-refractivity contribution in [3.05, 3.63) is 0 Å². The largest absolute Gasteiger partial charge is 0.369 e. The van der Waals surface area contributed by atoms with E-state index >= 15 is 0 Å². The molecule has 2 atom stereocenters. The summed E-state index contributed by atoms with van der Waals surface area (Å²) >= 11 is 0. The topological polar surface area (TPSA) is 72.2 Å². The van der Waals surface area contributed by atoms with Gasteiger partial charge in [-0.05, 0) is 31.6 Å². The third kappa shape index (κ3) is 4.31. The zero-order chi connectivity index (χ0) is 13.7. The first-order valence-corrected chi connectivity index (χ1v) is 7.04. The Morgan fingerprint density at radius 3 is 2.33 bits per heavy atom. The van der Waals surface area contributed by atoms with E-state index in [9.17, 15) is 9.59 Å². The summed E-state index contributed by atoms with van der Waals surface area (Å²) < 4.78 is 0. The average molecular weight is 254 g/mol. The van der Waals surface area contributed by atoms with Gasteiger partial charge in [0.2, 0.25) is 11.8 Å². The Morgan fingerprint density at radius 1 is 1.33 bits per heavy atom. The van der Waals surface area contributed by atoms with Gasteiger partial charge in [-0.15, -0.1) is 0 Å². The fourth-order valence-electron chi connectivity index (χ4n) is 2.56. The zero-order valence-corrected chi connectivity index (χ0v) is 11.7. The molecule has 2 amide bonds. The summed E-state index contributed by atoms with van der Waals surface area (Å²) in [6.07, 6.45) is 4.30. The molecule has 1 rings (SSSR count). The van der Waals surface area contributed by atoms with Gasteiger partial charge in [0.25, 0.3) is 0 Å². The van der Waals surface area contributed by atoms with Gasteiger partial charge in [0, 0.05) is 12.5 Å². The highest BCUT2D eigenvalue weighted by Gasteiger charge is 2.35. The molecular formula is C14H26N2O2. The number of hydrogen-bond acceptors (Lipinski definition) is 2. The maximum absolute atomic E-state index is 12.1. The lowest BCUT2D eigenvalue weighted by Crippen LogP contribution is -2.43. The molecule has 0 aliphatic heterocycles.